The van der Waals surface area contributed by atoms with Crippen molar-refractivity contribution >= 4 is 57.3 Å². The first-order valence-corrected chi connectivity index (χ1v) is 10.9. The number of aryl methyl sites for hydroxylation is 2. The van der Waals surface area contributed by atoms with Gasteiger partial charge in [-0.15, -0.1) is 0 Å². The number of amides is 4. The van der Waals surface area contributed by atoms with Crippen molar-refractivity contribution in [1.29, 1.82) is 0 Å². The van der Waals surface area contributed by atoms with Gasteiger partial charge >= 0.3 is 6.03 Å². The molecule has 4 amide bonds. The Morgan fingerprint density at radius 2 is 1.74 bits per heavy atom. The molecular weight excluding hydrogens is 480 g/mol. The van der Waals surface area contributed by atoms with E-state index in [4.69, 9.17) is 4.42 Å². The standard InChI is InChI=1S/C23H17BrN2O4S/c1-13-3-7-17(8-4-13)31-20-10-6-16(30-20)12-18-21(27)25-23(29)26(22(18)28)19-9-5-15(24)11-14(19)2/h3-12H,1-2H3,(H,25,27,29)/b18-12+. The molecule has 1 saturated heterocycles. The van der Waals surface area contributed by atoms with Crippen molar-refractivity contribution in [1.82, 2.24) is 5.32 Å². The van der Waals surface area contributed by atoms with E-state index < -0.39 is 17.8 Å². The lowest BCUT2D eigenvalue weighted by atomic mass is 10.1. The fourth-order valence-corrected chi connectivity index (χ4v) is 4.33. The average molecular weight is 497 g/mol. The minimum absolute atomic E-state index is 0.178. The highest BCUT2D eigenvalue weighted by Crippen LogP contribution is 2.31. The second kappa shape index (κ2) is 8.56. The van der Waals surface area contributed by atoms with Crippen LogP contribution in [0, 0.1) is 13.8 Å². The maximum atomic E-state index is 13.0. The average Bonchev–Trinajstić information content (AvgIpc) is 3.15. The van der Waals surface area contributed by atoms with Crippen molar-refractivity contribution in [3.05, 3.63) is 81.5 Å². The molecule has 156 valence electrons. The van der Waals surface area contributed by atoms with Crippen molar-refractivity contribution in [3.8, 4) is 0 Å². The molecule has 31 heavy (non-hydrogen) atoms. The number of furan rings is 1. The highest BCUT2D eigenvalue weighted by atomic mass is 79.9. The second-order valence-electron chi connectivity index (χ2n) is 6.96. The van der Waals surface area contributed by atoms with Gasteiger partial charge in [-0.25, -0.2) is 9.69 Å². The number of carbonyl (C=O) groups is 3. The van der Waals surface area contributed by atoms with E-state index in [1.54, 1.807) is 37.3 Å². The quantitative estimate of drug-likeness (QED) is 0.382. The van der Waals surface area contributed by atoms with Crippen LogP contribution in [0.2, 0.25) is 0 Å². The van der Waals surface area contributed by atoms with E-state index in [1.807, 2.05) is 31.2 Å². The SMILES string of the molecule is Cc1ccc(Sc2ccc(/C=C3\C(=O)NC(=O)N(c4ccc(Br)cc4C)C3=O)o2)cc1. The van der Waals surface area contributed by atoms with Crippen LogP contribution in [0.1, 0.15) is 16.9 Å². The third kappa shape index (κ3) is 4.50. The summed E-state index contributed by atoms with van der Waals surface area (Å²) in [6.45, 7) is 3.79. The van der Waals surface area contributed by atoms with Gasteiger partial charge in [0.05, 0.1) is 5.69 Å². The zero-order valence-electron chi connectivity index (χ0n) is 16.6. The fraction of sp³-hybridized carbons (Fsp3) is 0.0870. The lowest BCUT2D eigenvalue weighted by Gasteiger charge is -2.27. The van der Waals surface area contributed by atoms with Crippen LogP contribution in [-0.4, -0.2) is 17.8 Å². The van der Waals surface area contributed by atoms with Crippen LogP contribution in [-0.2, 0) is 9.59 Å². The van der Waals surface area contributed by atoms with Crippen LogP contribution < -0.4 is 10.2 Å². The highest BCUT2D eigenvalue weighted by Gasteiger charge is 2.37. The van der Waals surface area contributed by atoms with E-state index >= 15 is 0 Å². The Morgan fingerprint density at radius 1 is 1.00 bits per heavy atom. The number of barbiturate groups is 1. The number of rotatable bonds is 4. The van der Waals surface area contributed by atoms with Gasteiger partial charge in [0, 0.05) is 9.37 Å². The van der Waals surface area contributed by atoms with Gasteiger partial charge in [-0.2, -0.15) is 0 Å². The Bertz CT molecular complexity index is 1230. The Hall–Kier alpha value is -3.10. The molecule has 4 rings (SSSR count). The second-order valence-corrected chi connectivity index (χ2v) is 8.95. The number of hydrogen-bond donors (Lipinski definition) is 1. The predicted octanol–water partition coefficient (Wildman–Crippen LogP) is 5.48. The molecule has 0 saturated carbocycles. The molecule has 1 N–H and O–H groups in total. The summed E-state index contributed by atoms with van der Waals surface area (Å²) in [4.78, 5) is 39.8. The number of nitrogens with one attached hydrogen (secondary N) is 1. The van der Waals surface area contributed by atoms with Crippen LogP contribution in [0.25, 0.3) is 6.08 Å². The first-order chi connectivity index (χ1) is 14.8. The molecule has 1 aliphatic rings. The van der Waals surface area contributed by atoms with Crippen LogP contribution in [0.15, 0.2) is 79.0 Å². The molecule has 3 aromatic rings. The van der Waals surface area contributed by atoms with Gasteiger partial charge in [0.2, 0.25) is 0 Å². The minimum atomic E-state index is -0.785. The van der Waals surface area contributed by atoms with Crippen molar-refractivity contribution < 1.29 is 18.8 Å². The van der Waals surface area contributed by atoms with Crippen LogP contribution in [0.3, 0.4) is 0 Å². The number of hydrogen-bond acceptors (Lipinski definition) is 5. The molecule has 0 radical (unpaired) electrons. The molecule has 8 heteroatoms. The Kier molecular flexibility index (Phi) is 5.84. The molecule has 0 unspecified atom stereocenters. The maximum absolute atomic E-state index is 13.0. The van der Waals surface area contributed by atoms with Gasteiger partial charge in [0.25, 0.3) is 11.8 Å². The third-order valence-corrected chi connectivity index (χ3v) is 6.05. The zero-order valence-corrected chi connectivity index (χ0v) is 19.0. The van der Waals surface area contributed by atoms with E-state index in [-0.39, 0.29) is 5.57 Å². The maximum Gasteiger partial charge on any atom is 0.335 e. The van der Waals surface area contributed by atoms with E-state index in [1.165, 1.54) is 17.8 Å². The summed E-state index contributed by atoms with van der Waals surface area (Å²) in [5, 5.41) is 2.84. The number of urea groups is 1. The molecule has 0 atom stereocenters. The number of carbonyl (C=O) groups excluding carboxylic acids is 3. The minimum Gasteiger partial charge on any atom is -0.450 e. The monoisotopic (exact) mass is 496 g/mol. The number of benzene rings is 2. The molecule has 0 spiro atoms. The van der Waals surface area contributed by atoms with Crippen molar-refractivity contribution in [2.75, 3.05) is 4.90 Å². The molecule has 6 nitrogen and oxygen atoms in total. The van der Waals surface area contributed by atoms with E-state index in [0.29, 0.717) is 22.1 Å². The van der Waals surface area contributed by atoms with Crippen molar-refractivity contribution in [3.63, 3.8) is 0 Å². The van der Waals surface area contributed by atoms with Gasteiger partial charge in [-0.3, -0.25) is 14.9 Å². The van der Waals surface area contributed by atoms with Crippen molar-refractivity contribution in [2.45, 2.75) is 23.8 Å². The number of imide groups is 2. The third-order valence-electron chi connectivity index (χ3n) is 4.63. The lowest BCUT2D eigenvalue weighted by Crippen LogP contribution is -2.54. The summed E-state index contributed by atoms with van der Waals surface area (Å²) in [6.07, 6.45) is 1.35. The smallest absolute Gasteiger partial charge is 0.335 e. The fourth-order valence-electron chi connectivity index (χ4n) is 3.08. The topological polar surface area (TPSA) is 79.6 Å². The Balaban J connectivity index is 1.61. The summed E-state index contributed by atoms with van der Waals surface area (Å²) >= 11 is 4.79. The van der Waals surface area contributed by atoms with Gasteiger partial charge in [0.1, 0.15) is 11.3 Å². The van der Waals surface area contributed by atoms with Gasteiger partial charge in [-0.05, 0) is 68.0 Å². The number of anilines is 1. The molecule has 1 aliphatic heterocycles. The normalized spacial score (nSPS) is 15.5. The van der Waals surface area contributed by atoms with Crippen LogP contribution in [0.4, 0.5) is 10.5 Å². The molecular formula is C23H17BrN2O4S. The lowest BCUT2D eigenvalue weighted by molar-refractivity contribution is -0.122. The van der Waals surface area contributed by atoms with Crippen LogP contribution >= 0.6 is 27.7 Å². The van der Waals surface area contributed by atoms with Crippen molar-refractivity contribution in [2.24, 2.45) is 0 Å². The van der Waals surface area contributed by atoms with Crippen LogP contribution in [0.5, 0.6) is 0 Å². The molecule has 1 aromatic heterocycles. The largest absolute Gasteiger partial charge is 0.450 e. The summed E-state index contributed by atoms with van der Waals surface area (Å²) in [5.41, 5.74) is 2.10. The van der Waals surface area contributed by atoms with Gasteiger partial charge in [-0.1, -0.05) is 45.4 Å². The molecule has 2 heterocycles. The first kappa shape index (κ1) is 21.1. The molecule has 0 aliphatic carbocycles. The van der Waals surface area contributed by atoms with E-state index in [0.717, 1.165) is 19.8 Å². The number of nitrogens with zero attached hydrogens (tertiary/aromatic N) is 1. The van der Waals surface area contributed by atoms with E-state index in [9.17, 15) is 14.4 Å². The Labute approximate surface area is 191 Å². The molecule has 1 fully saturated rings. The summed E-state index contributed by atoms with van der Waals surface area (Å²) < 4.78 is 6.59. The predicted molar refractivity (Wildman–Crippen MR) is 122 cm³/mol. The molecule has 0 bridgehead atoms. The van der Waals surface area contributed by atoms with E-state index in [2.05, 4.69) is 21.2 Å². The van der Waals surface area contributed by atoms with Gasteiger partial charge < -0.3 is 4.42 Å². The summed E-state index contributed by atoms with van der Waals surface area (Å²) in [7, 11) is 0. The summed E-state index contributed by atoms with van der Waals surface area (Å²) in [5.74, 6) is -1.12. The highest BCUT2D eigenvalue weighted by molar-refractivity contribution is 9.10. The van der Waals surface area contributed by atoms with Gasteiger partial charge in [0.15, 0.2) is 5.09 Å². The molecule has 2 aromatic carbocycles. The first-order valence-electron chi connectivity index (χ1n) is 9.34. The summed E-state index contributed by atoms with van der Waals surface area (Å²) in [6, 6.07) is 15.8. The Morgan fingerprint density at radius 3 is 2.45 bits per heavy atom. The zero-order chi connectivity index (χ0) is 22.1. The number of halogens is 1.